The summed E-state index contributed by atoms with van der Waals surface area (Å²) in [5.41, 5.74) is 2.03. The molecule has 0 spiro atoms. The number of piperazine rings is 1. The molecule has 0 radical (unpaired) electrons. The molecule has 0 N–H and O–H groups in total. The lowest BCUT2D eigenvalue weighted by Crippen LogP contribution is -2.49. The topological polar surface area (TPSA) is 85.1 Å². The van der Waals surface area contributed by atoms with Crippen molar-refractivity contribution in [3.05, 3.63) is 41.9 Å². The second kappa shape index (κ2) is 8.79. The molecule has 31 heavy (non-hydrogen) atoms. The first-order valence-corrected chi connectivity index (χ1v) is 10.4. The number of carbonyl (C=O) groups is 1. The minimum absolute atomic E-state index is 0.107. The fourth-order valence-electron chi connectivity index (χ4n) is 3.89. The maximum absolute atomic E-state index is 12.8. The first-order chi connectivity index (χ1) is 15.0. The fourth-order valence-corrected chi connectivity index (χ4v) is 3.89. The number of hydrogen-bond acceptors (Lipinski definition) is 7. The molecule has 3 aromatic rings. The molecule has 1 aliphatic rings. The lowest BCUT2D eigenvalue weighted by atomic mass is 10.1. The Balaban J connectivity index is 1.42. The normalized spacial score (nSPS) is 14.4. The van der Waals surface area contributed by atoms with Gasteiger partial charge in [0.25, 0.3) is 5.78 Å². The highest BCUT2D eigenvalue weighted by Crippen LogP contribution is 2.28. The van der Waals surface area contributed by atoms with Crippen molar-refractivity contribution in [3.8, 4) is 11.5 Å². The molecule has 0 aliphatic carbocycles. The van der Waals surface area contributed by atoms with Gasteiger partial charge in [0.05, 0.1) is 20.6 Å². The van der Waals surface area contributed by atoms with Gasteiger partial charge in [0.2, 0.25) is 5.91 Å². The van der Waals surface area contributed by atoms with Gasteiger partial charge in [-0.25, -0.2) is 0 Å². The number of benzene rings is 1. The van der Waals surface area contributed by atoms with E-state index in [0.717, 1.165) is 30.2 Å². The van der Waals surface area contributed by atoms with Gasteiger partial charge < -0.3 is 19.3 Å². The van der Waals surface area contributed by atoms with E-state index >= 15 is 0 Å². The molecule has 0 bridgehead atoms. The summed E-state index contributed by atoms with van der Waals surface area (Å²) >= 11 is 0. The number of aromatic nitrogens is 4. The highest BCUT2D eigenvalue weighted by molar-refractivity contribution is 5.79. The third kappa shape index (κ3) is 4.26. The van der Waals surface area contributed by atoms with Gasteiger partial charge in [0.15, 0.2) is 11.5 Å². The van der Waals surface area contributed by atoms with E-state index in [1.807, 2.05) is 27.5 Å². The monoisotopic (exact) mass is 424 g/mol. The molecule has 9 nitrogen and oxygen atoms in total. The highest BCUT2D eigenvalue weighted by Gasteiger charge is 2.23. The SMILES string of the molecule is COc1ccc(CC(=O)N2CCN(c3cc(C(C)C)n4cnnc4n3)CC2)cc1OC. The average Bonchev–Trinajstić information content (AvgIpc) is 3.27. The van der Waals surface area contributed by atoms with Gasteiger partial charge in [0.1, 0.15) is 12.1 Å². The van der Waals surface area contributed by atoms with Crippen LogP contribution in [0.5, 0.6) is 11.5 Å². The second-order valence-corrected chi connectivity index (χ2v) is 7.93. The van der Waals surface area contributed by atoms with Crippen LogP contribution in [0.1, 0.15) is 31.0 Å². The lowest BCUT2D eigenvalue weighted by molar-refractivity contribution is -0.130. The molecular formula is C22H28N6O3. The summed E-state index contributed by atoms with van der Waals surface area (Å²) in [4.78, 5) is 21.6. The molecule has 2 aromatic heterocycles. The Hall–Kier alpha value is -3.36. The maximum atomic E-state index is 12.8. The van der Waals surface area contributed by atoms with Crippen molar-refractivity contribution in [3.63, 3.8) is 0 Å². The number of anilines is 1. The van der Waals surface area contributed by atoms with Gasteiger partial charge in [-0.1, -0.05) is 19.9 Å². The number of methoxy groups -OCH3 is 2. The van der Waals surface area contributed by atoms with Crippen LogP contribution in [-0.2, 0) is 11.2 Å². The molecule has 1 aromatic carbocycles. The molecule has 9 heteroatoms. The first-order valence-electron chi connectivity index (χ1n) is 10.4. The van der Waals surface area contributed by atoms with Crippen LogP contribution in [0.25, 0.3) is 5.78 Å². The van der Waals surface area contributed by atoms with Crippen molar-refractivity contribution < 1.29 is 14.3 Å². The Morgan fingerprint density at radius 3 is 2.48 bits per heavy atom. The van der Waals surface area contributed by atoms with Crippen LogP contribution in [-0.4, -0.2) is 70.8 Å². The predicted octanol–water partition coefficient (Wildman–Crippen LogP) is 2.16. The van der Waals surface area contributed by atoms with E-state index in [0.29, 0.717) is 42.7 Å². The molecule has 1 aliphatic heterocycles. The van der Waals surface area contributed by atoms with Gasteiger partial charge >= 0.3 is 0 Å². The van der Waals surface area contributed by atoms with Crippen LogP contribution in [0, 0.1) is 0 Å². The van der Waals surface area contributed by atoms with E-state index < -0.39 is 0 Å². The molecule has 0 unspecified atom stereocenters. The third-order valence-corrected chi connectivity index (χ3v) is 5.65. The minimum atomic E-state index is 0.107. The molecule has 1 fully saturated rings. The fraction of sp³-hybridized carbons (Fsp3) is 0.455. The Kier molecular flexibility index (Phi) is 5.92. The van der Waals surface area contributed by atoms with Crippen LogP contribution in [0.15, 0.2) is 30.6 Å². The van der Waals surface area contributed by atoms with Crippen molar-refractivity contribution in [1.82, 2.24) is 24.5 Å². The summed E-state index contributed by atoms with van der Waals surface area (Å²) in [5.74, 6) is 3.21. The Labute approximate surface area is 181 Å². The van der Waals surface area contributed by atoms with Crippen molar-refractivity contribution in [2.24, 2.45) is 0 Å². The Bertz CT molecular complexity index is 1070. The van der Waals surface area contributed by atoms with Crippen LogP contribution in [0.3, 0.4) is 0 Å². The number of ether oxygens (including phenoxy) is 2. The van der Waals surface area contributed by atoms with Gasteiger partial charge in [-0.2, -0.15) is 4.98 Å². The van der Waals surface area contributed by atoms with Crippen LogP contribution < -0.4 is 14.4 Å². The zero-order valence-electron chi connectivity index (χ0n) is 18.4. The van der Waals surface area contributed by atoms with Crippen molar-refractivity contribution in [2.45, 2.75) is 26.2 Å². The summed E-state index contributed by atoms with van der Waals surface area (Å²) in [6, 6.07) is 7.69. The van der Waals surface area contributed by atoms with Gasteiger partial charge in [-0.15, -0.1) is 10.2 Å². The summed E-state index contributed by atoms with van der Waals surface area (Å²) in [6.07, 6.45) is 2.04. The molecular weight excluding hydrogens is 396 g/mol. The first kappa shape index (κ1) is 20.9. The largest absolute Gasteiger partial charge is 0.493 e. The molecule has 1 saturated heterocycles. The standard InChI is InChI=1S/C22H28N6O3/c1-15(2)17-13-20(24-22-25-23-14-28(17)22)26-7-9-27(10-8-26)21(29)12-16-5-6-18(30-3)19(11-16)31-4/h5-6,11,13-15H,7-10,12H2,1-4H3. The van der Waals surface area contributed by atoms with Crippen LogP contribution in [0.4, 0.5) is 5.82 Å². The summed E-state index contributed by atoms with van der Waals surface area (Å²) in [7, 11) is 3.19. The Morgan fingerprint density at radius 1 is 1.06 bits per heavy atom. The van der Waals surface area contributed by atoms with E-state index in [-0.39, 0.29) is 5.91 Å². The molecule has 1 amide bonds. The van der Waals surface area contributed by atoms with E-state index in [1.54, 1.807) is 20.5 Å². The predicted molar refractivity (Wildman–Crippen MR) is 117 cm³/mol. The Morgan fingerprint density at radius 2 is 1.81 bits per heavy atom. The number of nitrogens with zero attached hydrogens (tertiary/aromatic N) is 6. The molecule has 4 rings (SSSR count). The number of hydrogen-bond donors (Lipinski definition) is 0. The van der Waals surface area contributed by atoms with Crippen molar-refractivity contribution in [1.29, 1.82) is 0 Å². The number of amides is 1. The second-order valence-electron chi connectivity index (χ2n) is 7.93. The number of fused-ring (bicyclic) bond motifs is 1. The van der Waals surface area contributed by atoms with E-state index in [2.05, 4.69) is 40.0 Å². The summed E-state index contributed by atoms with van der Waals surface area (Å²) in [6.45, 7) is 7.05. The minimum Gasteiger partial charge on any atom is -0.493 e. The van der Waals surface area contributed by atoms with Crippen molar-refractivity contribution in [2.75, 3.05) is 45.3 Å². The third-order valence-electron chi connectivity index (χ3n) is 5.65. The van der Waals surface area contributed by atoms with E-state index in [4.69, 9.17) is 9.47 Å². The quantitative estimate of drug-likeness (QED) is 0.599. The lowest BCUT2D eigenvalue weighted by Gasteiger charge is -2.35. The van der Waals surface area contributed by atoms with E-state index in [1.165, 1.54) is 0 Å². The molecule has 0 saturated carbocycles. The summed E-state index contributed by atoms with van der Waals surface area (Å²) < 4.78 is 12.5. The van der Waals surface area contributed by atoms with Crippen molar-refractivity contribution >= 4 is 17.5 Å². The number of carbonyl (C=O) groups excluding carboxylic acids is 1. The summed E-state index contributed by atoms with van der Waals surface area (Å²) in [5, 5.41) is 8.12. The molecule has 164 valence electrons. The number of rotatable bonds is 6. The van der Waals surface area contributed by atoms with Gasteiger partial charge in [-0.05, 0) is 23.6 Å². The van der Waals surface area contributed by atoms with Crippen LogP contribution in [0.2, 0.25) is 0 Å². The van der Waals surface area contributed by atoms with Gasteiger partial charge in [0, 0.05) is 37.9 Å². The molecule has 0 atom stereocenters. The van der Waals surface area contributed by atoms with Gasteiger partial charge in [-0.3, -0.25) is 9.20 Å². The zero-order chi connectivity index (χ0) is 22.0. The maximum Gasteiger partial charge on any atom is 0.256 e. The molecule has 3 heterocycles. The van der Waals surface area contributed by atoms with E-state index in [9.17, 15) is 4.79 Å². The van der Waals surface area contributed by atoms with Crippen LogP contribution >= 0.6 is 0 Å². The zero-order valence-corrected chi connectivity index (χ0v) is 18.4. The smallest absolute Gasteiger partial charge is 0.256 e. The highest BCUT2D eigenvalue weighted by atomic mass is 16.5. The average molecular weight is 425 g/mol.